The molecule has 0 aromatic carbocycles. The third-order valence-corrected chi connectivity index (χ3v) is 4.94. The van der Waals surface area contributed by atoms with Gasteiger partial charge in [0.15, 0.2) is 0 Å². The average Bonchev–Trinajstić information content (AvgIpc) is 3.02. The van der Waals surface area contributed by atoms with E-state index >= 15 is 0 Å². The molecule has 0 bridgehead atoms. The number of rotatable bonds is 5. The lowest BCUT2D eigenvalue weighted by atomic mass is 9.85. The van der Waals surface area contributed by atoms with Crippen LogP contribution < -0.4 is 4.90 Å². The summed E-state index contributed by atoms with van der Waals surface area (Å²) in [6, 6.07) is 3.20. The van der Waals surface area contributed by atoms with Gasteiger partial charge in [0.2, 0.25) is 11.8 Å². The van der Waals surface area contributed by atoms with Crippen LogP contribution in [0.5, 0.6) is 0 Å². The first-order valence-electron chi connectivity index (χ1n) is 8.59. The first-order chi connectivity index (χ1) is 12.2. The van der Waals surface area contributed by atoms with Crippen LogP contribution in [-0.2, 0) is 6.54 Å². The molecule has 9 nitrogen and oxygen atoms in total. The molecule has 1 saturated heterocycles. The Hall–Kier alpha value is -2.55. The first-order valence-corrected chi connectivity index (χ1v) is 8.59. The largest absolute Gasteiger partial charge is 0.424 e. The molecule has 1 aliphatic carbocycles. The van der Waals surface area contributed by atoms with Gasteiger partial charge in [-0.25, -0.2) is 4.98 Å². The maximum absolute atomic E-state index is 10.7. The predicted octanol–water partition coefficient (Wildman–Crippen LogP) is 1.96. The van der Waals surface area contributed by atoms with Crippen molar-refractivity contribution in [3.05, 3.63) is 40.2 Å². The van der Waals surface area contributed by atoms with Crippen LogP contribution in [-0.4, -0.2) is 51.2 Å². The highest BCUT2D eigenvalue weighted by Gasteiger charge is 2.26. The van der Waals surface area contributed by atoms with Crippen molar-refractivity contribution in [1.29, 1.82) is 0 Å². The van der Waals surface area contributed by atoms with Gasteiger partial charge in [0.1, 0.15) is 12.0 Å². The molecule has 1 saturated carbocycles. The molecule has 2 aliphatic rings. The van der Waals surface area contributed by atoms with Crippen LogP contribution in [0.4, 0.5) is 11.5 Å². The first kappa shape index (κ1) is 15.9. The molecular weight excluding hydrogens is 324 g/mol. The maximum Gasteiger partial charge on any atom is 0.287 e. The molecule has 9 heteroatoms. The van der Waals surface area contributed by atoms with Crippen LogP contribution >= 0.6 is 0 Å². The van der Waals surface area contributed by atoms with E-state index in [1.54, 1.807) is 6.07 Å². The zero-order valence-corrected chi connectivity index (χ0v) is 13.9. The fraction of sp³-hybridized carbons (Fsp3) is 0.562. The molecule has 2 aromatic rings. The van der Waals surface area contributed by atoms with Crippen molar-refractivity contribution in [1.82, 2.24) is 20.1 Å². The zero-order valence-electron chi connectivity index (χ0n) is 13.9. The molecule has 0 spiro atoms. The zero-order chi connectivity index (χ0) is 17.2. The number of nitrogens with zero attached hydrogens (tertiary/aromatic N) is 6. The van der Waals surface area contributed by atoms with Gasteiger partial charge in [-0.15, -0.1) is 10.2 Å². The summed E-state index contributed by atoms with van der Waals surface area (Å²) in [6.45, 7) is 4.02. The van der Waals surface area contributed by atoms with Crippen LogP contribution in [0.2, 0.25) is 0 Å². The van der Waals surface area contributed by atoms with Crippen molar-refractivity contribution < 1.29 is 9.34 Å². The Morgan fingerprint density at radius 3 is 2.60 bits per heavy atom. The van der Waals surface area contributed by atoms with Gasteiger partial charge in [0, 0.05) is 38.2 Å². The second kappa shape index (κ2) is 6.75. The van der Waals surface area contributed by atoms with Crippen molar-refractivity contribution in [2.75, 3.05) is 31.1 Å². The summed E-state index contributed by atoms with van der Waals surface area (Å²) in [5, 5.41) is 19.0. The molecule has 25 heavy (non-hydrogen) atoms. The topological polar surface area (TPSA) is 101 Å². The van der Waals surface area contributed by atoms with Gasteiger partial charge in [-0.05, 0) is 18.9 Å². The van der Waals surface area contributed by atoms with Crippen molar-refractivity contribution in [2.24, 2.45) is 0 Å². The minimum atomic E-state index is -0.434. The number of hydrogen-bond donors (Lipinski definition) is 0. The van der Waals surface area contributed by atoms with Gasteiger partial charge in [0.25, 0.3) is 5.69 Å². The van der Waals surface area contributed by atoms with Crippen LogP contribution in [0, 0.1) is 10.1 Å². The summed E-state index contributed by atoms with van der Waals surface area (Å²) >= 11 is 0. The smallest absolute Gasteiger partial charge is 0.287 e. The summed E-state index contributed by atoms with van der Waals surface area (Å²) in [6.07, 6.45) is 4.87. The van der Waals surface area contributed by atoms with Gasteiger partial charge in [-0.3, -0.25) is 15.0 Å². The van der Waals surface area contributed by atoms with Crippen molar-refractivity contribution in [3.8, 4) is 0 Å². The van der Waals surface area contributed by atoms with Gasteiger partial charge < -0.3 is 9.32 Å². The predicted molar refractivity (Wildman–Crippen MR) is 89.3 cm³/mol. The van der Waals surface area contributed by atoms with Crippen LogP contribution in [0.1, 0.15) is 37.0 Å². The fourth-order valence-corrected chi connectivity index (χ4v) is 3.15. The molecular formula is C16H20N6O3. The quantitative estimate of drug-likeness (QED) is 0.599. The van der Waals surface area contributed by atoms with E-state index in [1.807, 2.05) is 0 Å². The molecule has 1 aliphatic heterocycles. The van der Waals surface area contributed by atoms with Gasteiger partial charge in [-0.1, -0.05) is 6.42 Å². The monoisotopic (exact) mass is 344 g/mol. The lowest BCUT2D eigenvalue weighted by Gasteiger charge is -2.34. The van der Waals surface area contributed by atoms with Crippen LogP contribution in [0.25, 0.3) is 0 Å². The minimum absolute atomic E-state index is 0.0149. The molecule has 0 N–H and O–H groups in total. The highest BCUT2D eigenvalue weighted by molar-refractivity contribution is 5.43. The third-order valence-electron chi connectivity index (χ3n) is 4.94. The second-order valence-corrected chi connectivity index (χ2v) is 6.56. The highest BCUT2D eigenvalue weighted by atomic mass is 16.6. The van der Waals surface area contributed by atoms with Gasteiger partial charge >= 0.3 is 0 Å². The van der Waals surface area contributed by atoms with Crippen molar-refractivity contribution in [3.63, 3.8) is 0 Å². The molecule has 132 valence electrons. The molecule has 2 aromatic heterocycles. The Morgan fingerprint density at radius 1 is 1.20 bits per heavy atom. The Labute approximate surface area is 144 Å². The van der Waals surface area contributed by atoms with Gasteiger partial charge in [0.05, 0.1) is 11.5 Å². The van der Waals surface area contributed by atoms with Gasteiger partial charge in [-0.2, -0.15) is 0 Å². The standard InChI is InChI=1S/C16H20N6O3/c23-22(24)13-4-5-14(17-10-13)21-8-6-20(7-9-21)11-15-18-19-16(25-15)12-2-1-3-12/h4-5,10,12H,1-3,6-9,11H2. The van der Waals surface area contributed by atoms with Crippen molar-refractivity contribution >= 4 is 11.5 Å². The number of piperazine rings is 1. The summed E-state index contributed by atoms with van der Waals surface area (Å²) in [5.41, 5.74) is 0.0149. The SMILES string of the molecule is O=[N+]([O-])c1ccc(N2CCN(Cc3nnc(C4CCC4)o3)CC2)nc1. The number of anilines is 1. The lowest BCUT2D eigenvalue weighted by molar-refractivity contribution is -0.385. The van der Waals surface area contributed by atoms with E-state index in [-0.39, 0.29) is 5.69 Å². The summed E-state index contributed by atoms with van der Waals surface area (Å²) in [5.74, 6) is 2.71. The molecule has 0 atom stereocenters. The van der Waals surface area contributed by atoms with E-state index in [2.05, 4.69) is 25.0 Å². The van der Waals surface area contributed by atoms with E-state index in [4.69, 9.17) is 4.42 Å². The molecule has 4 rings (SSSR count). The Bertz CT molecular complexity index is 735. The Kier molecular flexibility index (Phi) is 4.31. The van der Waals surface area contributed by atoms with E-state index in [0.717, 1.165) is 50.7 Å². The summed E-state index contributed by atoms with van der Waals surface area (Å²) in [7, 11) is 0. The Morgan fingerprint density at radius 2 is 2.00 bits per heavy atom. The van der Waals surface area contributed by atoms with E-state index < -0.39 is 4.92 Å². The molecule has 3 heterocycles. The third kappa shape index (κ3) is 3.46. The number of hydrogen-bond acceptors (Lipinski definition) is 8. The lowest BCUT2D eigenvalue weighted by Crippen LogP contribution is -2.46. The van der Waals surface area contributed by atoms with Crippen LogP contribution in [0.15, 0.2) is 22.7 Å². The maximum atomic E-state index is 10.7. The van der Waals surface area contributed by atoms with E-state index in [1.165, 1.54) is 18.7 Å². The number of aromatic nitrogens is 3. The highest BCUT2D eigenvalue weighted by Crippen LogP contribution is 2.35. The summed E-state index contributed by atoms with van der Waals surface area (Å²) < 4.78 is 5.78. The normalized spacial score (nSPS) is 19.0. The number of nitro groups is 1. The van der Waals surface area contributed by atoms with E-state index in [0.29, 0.717) is 18.4 Å². The van der Waals surface area contributed by atoms with Crippen LogP contribution in [0.3, 0.4) is 0 Å². The minimum Gasteiger partial charge on any atom is -0.424 e. The number of pyridine rings is 1. The summed E-state index contributed by atoms with van der Waals surface area (Å²) in [4.78, 5) is 18.9. The molecule has 2 fully saturated rings. The second-order valence-electron chi connectivity index (χ2n) is 6.56. The van der Waals surface area contributed by atoms with Crippen molar-refractivity contribution in [2.45, 2.75) is 31.7 Å². The fourth-order valence-electron chi connectivity index (χ4n) is 3.15. The molecule has 0 amide bonds. The van der Waals surface area contributed by atoms with E-state index in [9.17, 15) is 10.1 Å². The molecule has 0 radical (unpaired) electrons. The Balaban J connectivity index is 1.30. The molecule has 0 unspecified atom stereocenters. The average molecular weight is 344 g/mol.